The van der Waals surface area contributed by atoms with E-state index in [-0.39, 0.29) is 11.9 Å². The highest BCUT2D eigenvalue weighted by atomic mass is 16.5. The van der Waals surface area contributed by atoms with Gasteiger partial charge in [0.05, 0.1) is 27.4 Å². The topological polar surface area (TPSA) is 48.0 Å². The van der Waals surface area contributed by atoms with Gasteiger partial charge in [0.15, 0.2) is 11.5 Å². The SMILES string of the molecule is COc1ccc(/C=C/C2c3cc(OC)c(OC)cc3CCN2C(=O)c2ccccc2)cc1. The van der Waals surface area contributed by atoms with Gasteiger partial charge in [-0.15, -0.1) is 0 Å². The lowest BCUT2D eigenvalue weighted by Crippen LogP contribution is -2.39. The molecule has 1 aliphatic rings. The van der Waals surface area contributed by atoms with Crippen LogP contribution in [0, 0.1) is 0 Å². The first-order valence-electron chi connectivity index (χ1n) is 10.6. The van der Waals surface area contributed by atoms with E-state index in [0.29, 0.717) is 23.6 Å². The summed E-state index contributed by atoms with van der Waals surface area (Å²) in [5.74, 6) is 2.17. The first kappa shape index (κ1) is 21.5. The molecule has 1 aliphatic heterocycles. The van der Waals surface area contributed by atoms with Gasteiger partial charge in [-0.05, 0) is 59.5 Å². The Labute approximate surface area is 188 Å². The van der Waals surface area contributed by atoms with Crippen molar-refractivity contribution in [3.8, 4) is 17.2 Å². The minimum Gasteiger partial charge on any atom is -0.497 e. The first-order valence-corrected chi connectivity index (χ1v) is 10.6. The van der Waals surface area contributed by atoms with Crippen molar-refractivity contribution < 1.29 is 19.0 Å². The normalized spacial score (nSPS) is 15.3. The van der Waals surface area contributed by atoms with E-state index < -0.39 is 0 Å². The van der Waals surface area contributed by atoms with Crippen LogP contribution in [0.4, 0.5) is 0 Å². The van der Waals surface area contributed by atoms with Crippen LogP contribution < -0.4 is 14.2 Å². The van der Waals surface area contributed by atoms with Gasteiger partial charge in [0.2, 0.25) is 0 Å². The molecule has 3 aromatic rings. The van der Waals surface area contributed by atoms with Gasteiger partial charge in [0.1, 0.15) is 5.75 Å². The molecule has 0 saturated heterocycles. The van der Waals surface area contributed by atoms with Gasteiger partial charge in [-0.2, -0.15) is 0 Å². The lowest BCUT2D eigenvalue weighted by Gasteiger charge is -2.36. The lowest BCUT2D eigenvalue weighted by molar-refractivity contribution is 0.0700. The molecule has 1 amide bonds. The zero-order valence-corrected chi connectivity index (χ0v) is 18.6. The summed E-state index contributed by atoms with van der Waals surface area (Å²) in [7, 11) is 4.92. The number of amides is 1. The van der Waals surface area contributed by atoms with Gasteiger partial charge in [-0.3, -0.25) is 4.79 Å². The van der Waals surface area contributed by atoms with E-state index in [9.17, 15) is 4.79 Å². The van der Waals surface area contributed by atoms with Gasteiger partial charge in [0.25, 0.3) is 5.91 Å². The standard InChI is InChI=1S/C27H27NO4/c1-30-22-12-9-19(10-13-22)11-14-24-23-18-26(32-3)25(31-2)17-21(23)15-16-28(24)27(29)20-7-5-4-6-8-20/h4-14,17-18,24H,15-16H2,1-3H3/b14-11+. The maximum atomic E-state index is 13.4. The number of rotatable bonds is 6. The van der Waals surface area contributed by atoms with Crippen molar-refractivity contribution in [2.24, 2.45) is 0 Å². The Morgan fingerprint density at radius 3 is 2.25 bits per heavy atom. The Bertz CT molecular complexity index is 1110. The van der Waals surface area contributed by atoms with Crippen molar-refractivity contribution in [1.82, 2.24) is 4.90 Å². The number of methoxy groups -OCH3 is 3. The molecule has 0 radical (unpaired) electrons. The minimum atomic E-state index is -0.228. The molecular weight excluding hydrogens is 402 g/mol. The minimum absolute atomic E-state index is 0.00964. The average Bonchev–Trinajstić information content (AvgIpc) is 2.86. The van der Waals surface area contributed by atoms with Crippen LogP contribution in [0.1, 0.15) is 33.1 Å². The molecule has 0 spiro atoms. The molecule has 1 heterocycles. The van der Waals surface area contributed by atoms with E-state index in [2.05, 4.69) is 6.08 Å². The van der Waals surface area contributed by atoms with Gasteiger partial charge in [0, 0.05) is 12.1 Å². The van der Waals surface area contributed by atoms with Gasteiger partial charge in [-0.1, -0.05) is 42.5 Å². The third-order valence-corrected chi connectivity index (χ3v) is 5.79. The second-order valence-corrected chi connectivity index (χ2v) is 7.60. The quantitative estimate of drug-likeness (QED) is 0.543. The molecule has 5 heteroatoms. The van der Waals surface area contributed by atoms with Crippen LogP contribution in [-0.2, 0) is 6.42 Å². The number of nitrogens with zero attached hydrogens (tertiary/aromatic N) is 1. The van der Waals surface area contributed by atoms with E-state index in [4.69, 9.17) is 14.2 Å². The van der Waals surface area contributed by atoms with Crippen molar-refractivity contribution in [2.45, 2.75) is 12.5 Å². The van der Waals surface area contributed by atoms with Crippen LogP contribution in [0.2, 0.25) is 0 Å². The zero-order valence-electron chi connectivity index (χ0n) is 18.6. The van der Waals surface area contributed by atoms with Crippen LogP contribution in [0.5, 0.6) is 17.2 Å². The zero-order chi connectivity index (χ0) is 22.5. The number of carbonyl (C=O) groups excluding carboxylic acids is 1. The van der Waals surface area contributed by atoms with Gasteiger partial charge in [-0.25, -0.2) is 0 Å². The summed E-state index contributed by atoms with van der Waals surface area (Å²) in [5, 5.41) is 0. The second-order valence-electron chi connectivity index (χ2n) is 7.60. The second kappa shape index (κ2) is 9.60. The molecule has 0 fully saturated rings. The molecule has 0 bridgehead atoms. The van der Waals surface area contributed by atoms with E-state index in [0.717, 1.165) is 28.9 Å². The number of fused-ring (bicyclic) bond motifs is 1. The number of benzene rings is 3. The van der Waals surface area contributed by atoms with Crippen molar-refractivity contribution in [3.05, 3.63) is 95.1 Å². The van der Waals surface area contributed by atoms with Gasteiger partial charge < -0.3 is 19.1 Å². The van der Waals surface area contributed by atoms with Crippen LogP contribution in [0.3, 0.4) is 0 Å². The highest BCUT2D eigenvalue weighted by Gasteiger charge is 2.31. The Morgan fingerprint density at radius 1 is 0.906 bits per heavy atom. The predicted octanol–water partition coefficient (Wildman–Crippen LogP) is 5.17. The molecule has 0 N–H and O–H groups in total. The average molecular weight is 430 g/mol. The van der Waals surface area contributed by atoms with E-state index in [1.165, 1.54) is 0 Å². The monoisotopic (exact) mass is 429 g/mol. The molecule has 0 saturated carbocycles. The maximum Gasteiger partial charge on any atom is 0.254 e. The Morgan fingerprint density at radius 2 is 1.59 bits per heavy atom. The summed E-state index contributed by atoms with van der Waals surface area (Å²) in [6.45, 7) is 0.619. The first-order chi connectivity index (χ1) is 15.6. The number of hydrogen-bond acceptors (Lipinski definition) is 4. The molecule has 3 aromatic carbocycles. The fourth-order valence-electron chi connectivity index (χ4n) is 4.08. The molecule has 5 nitrogen and oxygen atoms in total. The third-order valence-electron chi connectivity index (χ3n) is 5.79. The van der Waals surface area contributed by atoms with Crippen molar-refractivity contribution >= 4 is 12.0 Å². The van der Waals surface area contributed by atoms with E-state index >= 15 is 0 Å². The summed E-state index contributed by atoms with van der Waals surface area (Å²) in [5.41, 5.74) is 3.91. The summed E-state index contributed by atoms with van der Waals surface area (Å²) < 4.78 is 16.3. The highest BCUT2D eigenvalue weighted by Crippen LogP contribution is 2.39. The molecule has 4 rings (SSSR count). The largest absolute Gasteiger partial charge is 0.497 e. The van der Waals surface area contributed by atoms with Crippen molar-refractivity contribution in [2.75, 3.05) is 27.9 Å². The maximum absolute atomic E-state index is 13.4. The Hall–Kier alpha value is -3.73. The molecule has 1 atom stereocenters. The van der Waals surface area contributed by atoms with Crippen LogP contribution in [-0.4, -0.2) is 38.7 Å². The van der Waals surface area contributed by atoms with E-state index in [1.807, 2.05) is 77.7 Å². The van der Waals surface area contributed by atoms with E-state index in [1.54, 1.807) is 21.3 Å². The van der Waals surface area contributed by atoms with Crippen LogP contribution in [0.25, 0.3) is 6.08 Å². The Kier molecular flexibility index (Phi) is 6.45. The summed E-state index contributed by atoms with van der Waals surface area (Å²) in [6, 6.07) is 21.0. The number of carbonyl (C=O) groups is 1. The number of ether oxygens (including phenoxy) is 3. The summed E-state index contributed by atoms with van der Waals surface area (Å²) in [6.07, 6.45) is 4.87. The smallest absolute Gasteiger partial charge is 0.254 e. The molecule has 1 unspecified atom stereocenters. The molecular formula is C27H27NO4. The molecule has 0 aliphatic carbocycles. The third kappa shape index (κ3) is 4.33. The fraction of sp³-hybridized carbons (Fsp3) is 0.222. The number of hydrogen-bond donors (Lipinski definition) is 0. The van der Waals surface area contributed by atoms with Gasteiger partial charge >= 0.3 is 0 Å². The molecule has 32 heavy (non-hydrogen) atoms. The van der Waals surface area contributed by atoms with Crippen molar-refractivity contribution in [3.63, 3.8) is 0 Å². The van der Waals surface area contributed by atoms with Crippen molar-refractivity contribution in [1.29, 1.82) is 0 Å². The summed E-state index contributed by atoms with van der Waals surface area (Å²) in [4.78, 5) is 15.3. The van der Waals surface area contributed by atoms with Crippen LogP contribution >= 0.6 is 0 Å². The highest BCUT2D eigenvalue weighted by molar-refractivity contribution is 5.95. The lowest BCUT2D eigenvalue weighted by atomic mass is 9.90. The fourth-order valence-corrected chi connectivity index (χ4v) is 4.08. The summed E-state index contributed by atoms with van der Waals surface area (Å²) >= 11 is 0. The molecule has 164 valence electrons. The predicted molar refractivity (Wildman–Crippen MR) is 125 cm³/mol. The molecule has 0 aromatic heterocycles. The van der Waals surface area contributed by atoms with Crippen LogP contribution in [0.15, 0.2) is 72.8 Å². The Balaban J connectivity index is 1.75.